The predicted molar refractivity (Wildman–Crippen MR) is 32.8 cm³/mol. The first kappa shape index (κ1) is 5.54. The first-order chi connectivity index (χ1) is 3.30. The van der Waals surface area contributed by atoms with E-state index in [1.165, 1.54) is 0 Å². The van der Waals surface area contributed by atoms with Crippen LogP contribution in [0.2, 0.25) is 0 Å². The Morgan fingerprint density at radius 3 is 2.86 bits per heavy atom. The van der Waals surface area contributed by atoms with Crippen LogP contribution in [0.25, 0.3) is 0 Å². The van der Waals surface area contributed by atoms with Crippen molar-refractivity contribution >= 4 is 15.9 Å². The van der Waals surface area contributed by atoms with Crippen molar-refractivity contribution in [3.8, 4) is 0 Å². The molecule has 1 N–H and O–H groups in total. The van der Waals surface area contributed by atoms with Crippen molar-refractivity contribution in [1.82, 2.24) is 10.2 Å². The number of halogens is 1. The van der Waals surface area contributed by atoms with Crippen molar-refractivity contribution in [2.24, 2.45) is 0 Å². The molecule has 1 saturated heterocycles. The highest BCUT2D eigenvalue weighted by Crippen LogP contribution is 2.06. The second kappa shape index (κ2) is 2.11. The molecule has 0 aromatic rings. The normalized spacial score (nSPS) is 34.3. The van der Waals surface area contributed by atoms with Gasteiger partial charge in [0, 0.05) is 13.1 Å². The fourth-order valence-electron chi connectivity index (χ4n) is 0.514. The third-order valence-electron chi connectivity index (χ3n) is 1.02. The zero-order valence-electron chi connectivity index (χ0n) is 4.19. The molecule has 7 heavy (non-hydrogen) atoms. The van der Waals surface area contributed by atoms with E-state index in [9.17, 15) is 0 Å². The van der Waals surface area contributed by atoms with E-state index < -0.39 is 0 Å². The maximum Gasteiger partial charge on any atom is 0.117 e. The average molecular weight is 164 g/mol. The van der Waals surface area contributed by atoms with Gasteiger partial charge >= 0.3 is 0 Å². The van der Waals surface area contributed by atoms with Crippen molar-refractivity contribution in [2.75, 3.05) is 13.6 Å². The molecule has 1 radical (unpaired) electrons. The van der Waals surface area contributed by atoms with Crippen molar-refractivity contribution < 1.29 is 0 Å². The van der Waals surface area contributed by atoms with E-state index in [1.54, 1.807) is 0 Å². The topological polar surface area (TPSA) is 15.3 Å². The smallest absolute Gasteiger partial charge is 0.117 e. The van der Waals surface area contributed by atoms with Gasteiger partial charge in [-0.25, -0.2) is 0 Å². The van der Waals surface area contributed by atoms with Crippen LogP contribution < -0.4 is 5.32 Å². The summed E-state index contributed by atoms with van der Waals surface area (Å²) >= 11 is 3.39. The van der Waals surface area contributed by atoms with Crippen LogP contribution in [0.5, 0.6) is 0 Å². The molecule has 1 unspecified atom stereocenters. The number of hydrogen-bond acceptors (Lipinski definition) is 2. The number of alkyl halides is 1. The number of likely N-dealkylation sites (N-methyl/N-ethyl adjacent to an activating group) is 1. The molecule has 0 aromatic heterocycles. The van der Waals surface area contributed by atoms with E-state index in [4.69, 9.17) is 0 Å². The van der Waals surface area contributed by atoms with Gasteiger partial charge in [0.25, 0.3) is 0 Å². The van der Waals surface area contributed by atoms with E-state index in [1.807, 2.05) is 6.54 Å². The molecule has 1 heterocycles. The summed E-state index contributed by atoms with van der Waals surface area (Å²) in [6.45, 7) is 3.05. The Labute approximate surface area is 52.0 Å². The van der Waals surface area contributed by atoms with E-state index in [0.717, 1.165) is 6.54 Å². The van der Waals surface area contributed by atoms with Crippen molar-refractivity contribution in [1.29, 1.82) is 0 Å². The highest BCUT2D eigenvalue weighted by molar-refractivity contribution is 9.09. The third kappa shape index (κ3) is 1.15. The van der Waals surface area contributed by atoms with Gasteiger partial charge in [0.05, 0.1) is 0 Å². The van der Waals surface area contributed by atoms with E-state index in [0.29, 0.717) is 5.08 Å². The standard InChI is InChI=1S/C4H8BrN2/c1-7-3-2-6-4(7)5/h2,4,6H,3H2,1H3. The summed E-state index contributed by atoms with van der Waals surface area (Å²) in [6, 6.07) is 0. The van der Waals surface area contributed by atoms with E-state index in [2.05, 4.69) is 33.2 Å². The molecule has 41 valence electrons. The molecule has 1 fully saturated rings. The van der Waals surface area contributed by atoms with Crippen LogP contribution in [0.3, 0.4) is 0 Å². The van der Waals surface area contributed by atoms with Crippen LogP contribution in [0.15, 0.2) is 0 Å². The Morgan fingerprint density at radius 2 is 2.71 bits per heavy atom. The predicted octanol–water partition coefficient (Wildman–Crippen LogP) is 0.362. The quantitative estimate of drug-likeness (QED) is 0.410. The summed E-state index contributed by atoms with van der Waals surface area (Å²) in [4.78, 5) is 2.15. The molecule has 1 aliphatic heterocycles. The molecule has 2 nitrogen and oxygen atoms in total. The minimum atomic E-state index is 0.354. The van der Waals surface area contributed by atoms with E-state index in [-0.39, 0.29) is 0 Å². The molecule has 1 aliphatic rings. The maximum absolute atomic E-state index is 3.39. The molecule has 0 bridgehead atoms. The molecule has 3 heteroatoms. The van der Waals surface area contributed by atoms with Gasteiger partial charge in [-0.05, 0) is 7.05 Å². The van der Waals surface area contributed by atoms with Crippen molar-refractivity contribution in [3.05, 3.63) is 6.54 Å². The Hall–Kier alpha value is 0.400. The van der Waals surface area contributed by atoms with Crippen LogP contribution in [-0.2, 0) is 0 Å². The SMILES string of the molecule is CN1C[CH]NC1Br. The van der Waals surface area contributed by atoms with Gasteiger partial charge in [-0.3, -0.25) is 10.2 Å². The lowest BCUT2D eigenvalue weighted by Crippen LogP contribution is -2.25. The van der Waals surface area contributed by atoms with Crippen LogP contribution in [-0.4, -0.2) is 23.6 Å². The summed E-state index contributed by atoms with van der Waals surface area (Å²) in [5.74, 6) is 0. The molecular weight excluding hydrogens is 156 g/mol. The van der Waals surface area contributed by atoms with Crippen LogP contribution in [0.4, 0.5) is 0 Å². The van der Waals surface area contributed by atoms with Crippen molar-refractivity contribution in [3.63, 3.8) is 0 Å². The van der Waals surface area contributed by atoms with Crippen LogP contribution in [0, 0.1) is 6.54 Å². The highest BCUT2D eigenvalue weighted by Gasteiger charge is 2.15. The molecule has 1 rings (SSSR count). The molecule has 0 amide bonds. The van der Waals surface area contributed by atoms with Gasteiger partial charge in [0.2, 0.25) is 0 Å². The molecule has 0 aromatic carbocycles. The van der Waals surface area contributed by atoms with Crippen LogP contribution >= 0.6 is 15.9 Å². The molecular formula is C4H8BrN2. The lowest BCUT2D eigenvalue weighted by Gasteiger charge is -2.09. The molecule has 1 atom stereocenters. The fourth-order valence-corrected chi connectivity index (χ4v) is 0.868. The minimum absolute atomic E-state index is 0.354. The van der Waals surface area contributed by atoms with Crippen LogP contribution in [0.1, 0.15) is 0 Å². The van der Waals surface area contributed by atoms with Gasteiger partial charge in [-0.15, -0.1) is 0 Å². The number of nitrogens with zero attached hydrogens (tertiary/aromatic N) is 1. The maximum atomic E-state index is 3.39. The first-order valence-corrected chi connectivity index (χ1v) is 3.14. The minimum Gasteiger partial charge on any atom is -0.287 e. The van der Waals surface area contributed by atoms with Gasteiger partial charge < -0.3 is 0 Å². The highest BCUT2D eigenvalue weighted by atomic mass is 79.9. The Balaban J connectivity index is 2.33. The second-order valence-corrected chi connectivity index (χ2v) is 2.51. The average Bonchev–Trinajstić information content (AvgIpc) is 1.91. The largest absolute Gasteiger partial charge is 0.287 e. The summed E-state index contributed by atoms with van der Waals surface area (Å²) in [7, 11) is 2.05. The fraction of sp³-hybridized carbons (Fsp3) is 0.750. The lowest BCUT2D eigenvalue weighted by molar-refractivity contribution is 0.389. The summed E-state index contributed by atoms with van der Waals surface area (Å²) < 4.78 is 0. The summed E-state index contributed by atoms with van der Waals surface area (Å²) in [5.41, 5.74) is 0. The summed E-state index contributed by atoms with van der Waals surface area (Å²) in [6.07, 6.45) is 0. The monoisotopic (exact) mass is 163 g/mol. The Kier molecular flexibility index (Phi) is 1.67. The first-order valence-electron chi connectivity index (χ1n) is 2.23. The Morgan fingerprint density at radius 1 is 2.00 bits per heavy atom. The third-order valence-corrected chi connectivity index (χ3v) is 1.99. The number of rotatable bonds is 0. The molecule has 0 aliphatic carbocycles. The lowest BCUT2D eigenvalue weighted by atomic mass is 10.7. The summed E-state index contributed by atoms with van der Waals surface area (Å²) in [5, 5.41) is 3.44. The zero-order valence-corrected chi connectivity index (χ0v) is 5.77. The Bertz CT molecular complexity index is 58.7. The van der Waals surface area contributed by atoms with Gasteiger partial charge in [-0.2, -0.15) is 0 Å². The van der Waals surface area contributed by atoms with Gasteiger partial charge in [0.15, 0.2) is 0 Å². The molecule has 0 spiro atoms. The van der Waals surface area contributed by atoms with E-state index >= 15 is 0 Å². The number of nitrogens with one attached hydrogen (secondary N) is 1. The van der Waals surface area contributed by atoms with Crippen molar-refractivity contribution in [2.45, 2.75) is 5.08 Å². The zero-order chi connectivity index (χ0) is 5.28. The second-order valence-electron chi connectivity index (χ2n) is 1.65. The number of hydrogen-bond donors (Lipinski definition) is 1. The molecule has 0 saturated carbocycles. The van der Waals surface area contributed by atoms with Gasteiger partial charge in [0.1, 0.15) is 5.08 Å². The van der Waals surface area contributed by atoms with Gasteiger partial charge in [-0.1, -0.05) is 15.9 Å².